The number of carbonyl (C=O) groups is 3. The van der Waals surface area contributed by atoms with Crippen LogP contribution in [0.3, 0.4) is 0 Å². The molecule has 0 bridgehead atoms. The smallest absolute Gasteiger partial charge is 0.339 e. The van der Waals surface area contributed by atoms with E-state index in [1.165, 1.54) is 6.92 Å². The maximum absolute atomic E-state index is 12.5. The minimum atomic E-state index is -1.20. The van der Waals surface area contributed by atoms with E-state index in [2.05, 4.69) is 15.0 Å². The topological polar surface area (TPSA) is 137 Å². The molecule has 1 aliphatic heterocycles. The zero-order valence-electron chi connectivity index (χ0n) is 18.1. The molecule has 0 spiro atoms. The van der Waals surface area contributed by atoms with Crippen LogP contribution in [-0.2, 0) is 19.0 Å². The third-order valence-electron chi connectivity index (χ3n) is 4.95. The molecule has 0 aliphatic carbocycles. The van der Waals surface area contributed by atoms with E-state index >= 15 is 0 Å². The Balaban J connectivity index is 1.64. The quantitative estimate of drug-likeness (QED) is 0.377. The maximum Gasteiger partial charge on any atom is 0.339 e. The molecule has 33 heavy (non-hydrogen) atoms. The number of non-ortho nitro benzene ring substituents is 1. The number of nitrogens with one attached hydrogen (secondary N) is 1. The van der Waals surface area contributed by atoms with Gasteiger partial charge in [-0.25, -0.2) is 9.59 Å². The van der Waals surface area contributed by atoms with Crippen molar-refractivity contribution in [1.29, 1.82) is 0 Å². The highest BCUT2D eigenvalue weighted by atomic mass is 16.6. The molecule has 0 radical (unpaired) electrons. The monoisotopic (exact) mass is 457 g/mol. The van der Waals surface area contributed by atoms with E-state index in [0.717, 1.165) is 44.1 Å². The molecule has 11 heteroatoms. The molecule has 2 aromatic rings. The molecule has 3 rings (SSSR count). The molecular weight excluding hydrogens is 434 g/mol. The van der Waals surface area contributed by atoms with E-state index in [1.54, 1.807) is 12.1 Å². The van der Waals surface area contributed by atoms with E-state index in [9.17, 15) is 24.5 Å². The van der Waals surface area contributed by atoms with Crippen molar-refractivity contribution >= 4 is 34.9 Å². The predicted octanol–water partition coefficient (Wildman–Crippen LogP) is 2.40. The number of ether oxygens (including phenoxy) is 3. The number of hydrogen-bond donors (Lipinski definition) is 1. The molecule has 0 unspecified atom stereocenters. The van der Waals surface area contributed by atoms with Crippen LogP contribution in [0, 0.1) is 10.1 Å². The summed E-state index contributed by atoms with van der Waals surface area (Å²) in [6.07, 6.45) is -1.20. The van der Waals surface area contributed by atoms with Gasteiger partial charge in [-0.2, -0.15) is 0 Å². The lowest BCUT2D eigenvalue weighted by atomic mass is 10.1. The van der Waals surface area contributed by atoms with Crippen molar-refractivity contribution in [2.24, 2.45) is 0 Å². The highest BCUT2D eigenvalue weighted by molar-refractivity contribution is 5.99. The fourth-order valence-corrected chi connectivity index (χ4v) is 3.17. The number of nitrogens with zero attached hydrogens (tertiary/aromatic N) is 2. The number of benzene rings is 2. The third-order valence-corrected chi connectivity index (χ3v) is 4.95. The molecular formula is C22H23N3O8. The van der Waals surface area contributed by atoms with Crippen molar-refractivity contribution in [3.8, 4) is 0 Å². The van der Waals surface area contributed by atoms with Crippen LogP contribution in [-0.4, -0.2) is 62.3 Å². The lowest BCUT2D eigenvalue weighted by Crippen LogP contribution is -2.36. The van der Waals surface area contributed by atoms with Gasteiger partial charge in [0.05, 0.1) is 36.4 Å². The fraction of sp³-hybridized carbons (Fsp3) is 0.318. The average Bonchev–Trinajstić information content (AvgIpc) is 2.84. The average molecular weight is 457 g/mol. The minimum Gasteiger partial charge on any atom is -0.465 e. The Morgan fingerprint density at radius 2 is 1.67 bits per heavy atom. The Morgan fingerprint density at radius 1 is 1.06 bits per heavy atom. The molecule has 174 valence electrons. The number of rotatable bonds is 7. The van der Waals surface area contributed by atoms with Gasteiger partial charge < -0.3 is 24.4 Å². The van der Waals surface area contributed by atoms with Gasteiger partial charge in [-0.3, -0.25) is 14.9 Å². The van der Waals surface area contributed by atoms with E-state index in [0.29, 0.717) is 18.9 Å². The fourth-order valence-electron chi connectivity index (χ4n) is 3.17. The van der Waals surface area contributed by atoms with Gasteiger partial charge in [0.2, 0.25) is 0 Å². The second kappa shape index (κ2) is 10.6. The standard InChI is InChI=1S/C22H23N3O8/c1-14(20(26)23-17-3-5-18(6-4-17)24-7-9-32-10-8-24)33-22(28)16-11-15(21(27)31-2)12-19(13-16)25(29)30/h3-6,11-14H,7-10H2,1-2H3,(H,23,26)/t14-/m1/s1. The van der Waals surface area contributed by atoms with Gasteiger partial charge in [-0.1, -0.05) is 0 Å². The Hall–Kier alpha value is -3.99. The van der Waals surface area contributed by atoms with Crippen LogP contribution in [0.1, 0.15) is 27.6 Å². The lowest BCUT2D eigenvalue weighted by molar-refractivity contribution is -0.384. The number of esters is 2. The Labute approximate surface area is 189 Å². The van der Waals surface area contributed by atoms with Gasteiger partial charge in [0, 0.05) is 36.6 Å². The molecule has 0 aromatic heterocycles. The highest BCUT2D eigenvalue weighted by Crippen LogP contribution is 2.21. The molecule has 1 fully saturated rings. The summed E-state index contributed by atoms with van der Waals surface area (Å²) in [6, 6.07) is 10.3. The summed E-state index contributed by atoms with van der Waals surface area (Å²) in [4.78, 5) is 49.2. The zero-order valence-corrected chi connectivity index (χ0v) is 18.1. The number of nitro benzene ring substituents is 1. The van der Waals surface area contributed by atoms with E-state index in [4.69, 9.17) is 9.47 Å². The first-order valence-corrected chi connectivity index (χ1v) is 10.1. The van der Waals surface area contributed by atoms with Crippen LogP contribution in [0.25, 0.3) is 0 Å². The summed E-state index contributed by atoms with van der Waals surface area (Å²) in [6.45, 7) is 4.26. The molecule has 0 saturated carbocycles. The lowest BCUT2D eigenvalue weighted by Gasteiger charge is -2.28. The van der Waals surface area contributed by atoms with Gasteiger partial charge >= 0.3 is 11.9 Å². The number of carbonyl (C=O) groups excluding carboxylic acids is 3. The van der Waals surface area contributed by atoms with E-state index in [-0.39, 0.29) is 11.1 Å². The van der Waals surface area contributed by atoms with Crippen LogP contribution in [0.4, 0.5) is 17.1 Å². The first kappa shape index (κ1) is 23.7. The van der Waals surface area contributed by atoms with Crippen molar-refractivity contribution in [2.45, 2.75) is 13.0 Å². The Kier molecular flexibility index (Phi) is 7.57. The summed E-state index contributed by atoms with van der Waals surface area (Å²) in [5.41, 5.74) is 0.601. The van der Waals surface area contributed by atoms with Crippen LogP contribution >= 0.6 is 0 Å². The molecule has 11 nitrogen and oxygen atoms in total. The SMILES string of the molecule is COC(=O)c1cc(C(=O)O[C@H](C)C(=O)Nc2ccc(N3CCOCC3)cc2)cc([N+](=O)[O-])c1. The number of hydrogen-bond acceptors (Lipinski definition) is 9. The van der Waals surface area contributed by atoms with Gasteiger partial charge in [-0.05, 0) is 37.3 Å². The molecule has 2 aromatic carbocycles. The zero-order chi connectivity index (χ0) is 24.0. The number of amides is 1. The maximum atomic E-state index is 12.5. The summed E-state index contributed by atoms with van der Waals surface area (Å²) in [7, 11) is 1.11. The first-order chi connectivity index (χ1) is 15.8. The number of anilines is 2. The number of morpholine rings is 1. The first-order valence-electron chi connectivity index (χ1n) is 10.1. The predicted molar refractivity (Wildman–Crippen MR) is 117 cm³/mol. The minimum absolute atomic E-state index is 0.184. The largest absolute Gasteiger partial charge is 0.465 e. The highest BCUT2D eigenvalue weighted by Gasteiger charge is 2.23. The van der Waals surface area contributed by atoms with Crippen LogP contribution < -0.4 is 10.2 Å². The van der Waals surface area contributed by atoms with Crippen molar-refractivity contribution < 1.29 is 33.5 Å². The van der Waals surface area contributed by atoms with Crippen LogP contribution in [0.2, 0.25) is 0 Å². The van der Waals surface area contributed by atoms with Crippen molar-refractivity contribution in [1.82, 2.24) is 0 Å². The second-order valence-electron chi connectivity index (χ2n) is 7.20. The molecule has 1 atom stereocenters. The van der Waals surface area contributed by atoms with Crippen LogP contribution in [0.15, 0.2) is 42.5 Å². The summed E-state index contributed by atoms with van der Waals surface area (Å²) >= 11 is 0. The van der Waals surface area contributed by atoms with Gasteiger partial charge in [0.25, 0.3) is 11.6 Å². The van der Waals surface area contributed by atoms with Crippen molar-refractivity contribution in [3.63, 3.8) is 0 Å². The second-order valence-corrected chi connectivity index (χ2v) is 7.20. The summed E-state index contributed by atoms with van der Waals surface area (Å²) in [5.74, 6) is -2.42. The van der Waals surface area contributed by atoms with Crippen molar-refractivity contribution in [2.75, 3.05) is 43.6 Å². The van der Waals surface area contributed by atoms with E-state index in [1.807, 2.05) is 12.1 Å². The summed E-state index contributed by atoms with van der Waals surface area (Å²) < 4.78 is 15.0. The third kappa shape index (κ3) is 6.04. The molecule has 1 aliphatic rings. The molecule has 1 heterocycles. The van der Waals surface area contributed by atoms with Crippen molar-refractivity contribution in [3.05, 3.63) is 63.7 Å². The van der Waals surface area contributed by atoms with E-state index < -0.39 is 34.6 Å². The van der Waals surface area contributed by atoms with Gasteiger partial charge in [-0.15, -0.1) is 0 Å². The van der Waals surface area contributed by atoms with Gasteiger partial charge in [0.1, 0.15) is 0 Å². The normalized spacial score (nSPS) is 14.2. The number of nitro groups is 1. The summed E-state index contributed by atoms with van der Waals surface area (Å²) in [5, 5.41) is 13.8. The molecule has 1 N–H and O–H groups in total. The Morgan fingerprint density at radius 3 is 2.24 bits per heavy atom. The van der Waals surface area contributed by atoms with Gasteiger partial charge in [0.15, 0.2) is 6.10 Å². The molecule has 1 saturated heterocycles. The molecule has 1 amide bonds. The Bertz CT molecular complexity index is 1050. The van der Waals surface area contributed by atoms with Crippen LogP contribution in [0.5, 0.6) is 0 Å². The number of methoxy groups -OCH3 is 1.